The Labute approximate surface area is 208 Å². The molecule has 0 aliphatic carbocycles. The summed E-state index contributed by atoms with van der Waals surface area (Å²) in [6.45, 7) is 3.25. The highest BCUT2D eigenvalue weighted by atomic mass is 35.5. The summed E-state index contributed by atoms with van der Waals surface area (Å²) in [5.74, 6) is -3.55. The summed E-state index contributed by atoms with van der Waals surface area (Å²) in [5, 5.41) is 22.9. The van der Waals surface area contributed by atoms with Crippen LogP contribution >= 0.6 is 35.0 Å². The number of amides is 1. The maximum atomic E-state index is 12.9. The van der Waals surface area contributed by atoms with E-state index in [1.807, 2.05) is 6.92 Å². The number of hydrogen-bond acceptors (Lipinski definition) is 10. The maximum Gasteiger partial charge on any atom is 0.338 e. The molecule has 34 heavy (non-hydrogen) atoms. The van der Waals surface area contributed by atoms with E-state index < -0.39 is 36.2 Å². The Morgan fingerprint density at radius 2 is 1.91 bits per heavy atom. The molecular formula is C19H22Cl2N6O6S. The summed E-state index contributed by atoms with van der Waals surface area (Å²) in [6, 6.07) is -0.321. The molecule has 12 nitrogen and oxygen atoms in total. The van der Waals surface area contributed by atoms with Gasteiger partial charge in [-0.1, -0.05) is 36.5 Å². The van der Waals surface area contributed by atoms with Crippen LogP contribution in [0.4, 0.5) is 5.69 Å². The summed E-state index contributed by atoms with van der Waals surface area (Å²) < 4.78 is 6.06. The summed E-state index contributed by atoms with van der Waals surface area (Å²) in [5.41, 5.74) is 6.08. The van der Waals surface area contributed by atoms with Crippen molar-refractivity contribution in [2.24, 2.45) is 5.73 Å². The highest BCUT2D eigenvalue weighted by Crippen LogP contribution is 2.40. The number of carboxylic acids is 1. The van der Waals surface area contributed by atoms with Gasteiger partial charge in [-0.05, 0) is 40.7 Å². The highest BCUT2D eigenvalue weighted by molar-refractivity contribution is 7.99. The number of rotatable bonds is 12. The molecule has 2 unspecified atom stereocenters. The average Bonchev–Trinajstić information content (AvgIpc) is 3.17. The fraction of sp³-hybridized carbons (Fsp3) is 0.421. The molecule has 0 fully saturated rings. The van der Waals surface area contributed by atoms with Crippen LogP contribution < -0.4 is 11.1 Å². The van der Waals surface area contributed by atoms with Gasteiger partial charge in [-0.2, -0.15) is 4.68 Å². The van der Waals surface area contributed by atoms with Crippen LogP contribution in [0.15, 0.2) is 22.2 Å². The molecule has 0 radical (unpaired) electrons. The third-order valence-electron chi connectivity index (χ3n) is 4.21. The van der Waals surface area contributed by atoms with Crippen molar-refractivity contribution in [3.05, 3.63) is 22.2 Å². The van der Waals surface area contributed by atoms with Crippen molar-refractivity contribution in [2.45, 2.75) is 55.2 Å². The summed E-state index contributed by atoms with van der Waals surface area (Å²) in [6.07, 6.45) is 0.587. The van der Waals surface area contributed by atoms with Crippen LogP contribution in [-0.2, 0) is 23.9 Å². The molecule has 2 aromatic rings. The smallest absolute Gasteiger partial charge is 0.338 e. The van der Waals surface area contributed by atoms with Crippen LogP contribution in [0.25, 0.3) is 0 Å². The van der Waals surface area contributed by atoms with Gasteiger partial charge in [0, 0.05) is 12.6 Å². The number of Topliss-reactive ketones (excluding diaryl/α,β-unsaturated/α-hetero) is 1. The van der Waals surface area contributed by atoms with Gasteiger partial charge in [0.25, 0.3) is 0 Å². The minimum atomic E-state index is -1.72. The first kappa shape index (κ1) is 27.5. The van der Waals surface area contributed by atoms with Gasteiger partial charge in [-0.15, -0.1) is 5.10 Å². The molecule has 0 aliphatic rings. The number of nitrogens with zero attached hydrogens (tertiary/aromatic N) is 4. The van der Waals surface area contributed by atoms with E-state index in [1.165, 1.54) is 19.1 Å². The fourth-order valence-electron chi connectivity index (χ4n) is 2.66. The number of unbranched alkanes of at least 4 members (excludes halogenated alkanes) is 1. The lowest BCUT2D eigenvalue weighted by molar-refractivity contribution is -0.153. The minimum absolute atomic E-state index is 0.0418. The first-order valence-electron chi connectivity index (χ1n) is 9.95. The van der Waals surface area contributed by atoms with Crippen LogP contribution in [0.3, 0.4) is 0 Å². The van der Waals surface area contributed by atoms with Crippen molar-refractivity contribution in [2.75, 3.05) is 11.9 Å². The first-order valence-corrected chi connectivity index (χ1v) is 11.5. The lowest BCUT2D eigenvalue weighted by atomic mass is 10.0. The minimum Gasteiger partial charge on any atom is -0.481 e. The van der Waals surface area contributed by atoms with E-state index in [1.54, 1.807) is 0 Å². The maximum absolute atomic E-state index is 12.9. The molecular weight excluding hydrogens is 511 g/mol. The Bertz CT molecular complexity index is 1060. The second-order valence-electron chi connectivity index (χ2n) is 6.99. The molecule has 0 aliphatic heterocycles. The van der Waals surface area contributed by atoms with Crippen molar-refractivity contribution >= 4 is 64.3 Å². The Balaban J connectivity index is 2.41. The molecule has 0 spiro atoms. The molecule has 1 aromatic carbocycles. The fourth-order valence-corrected chi connectivity index (χ4v) is 4.19. The van der Waals surface area contributed by atoms with Gasteiger partial charge in [0.05, 0.1) is 34.0 Å². The molecule has 2 atom stereocenters. The third-order valence-corrected chi connectivity index (χ3v) is 6.13. The number of aromatic nitrogens is 4. The van der Waals surface area contributed by atoms with Gasteiger partial charge in [0.2, 0.25) is 17.1 Å². The van der Waals surface area contributed by atoms with Gasteiger partial charge in [0.15, 0.2) is 5.78 Å². The van der Waals surface area contributed by atoms with Gasteiger partial charge < -0.3 is 20.9 Å². The van der Waals surface area contributed by atoms with E-state index in [2.05, 4.69) is 20.8 Å². The summed E-state index contributed by atoms with van der Waals surface area (Å²) >= 11 is 13.5. The number of benzene rings is 1. The Hall–Kier alpha value is -2.74. The lowest BCUT2D eigenvalue weighted by Crippen LogP contribution is -2.42. The summed E-state index contributed by atoms with van der Waals surface area (Å²) in [4.78, 5) is 48.3. The number of nitrogens with one attached hydrogen (secondary N) is 1. The molecule has 0 saturated heterocycles. The predicted molar refractivity (Wildman–Crippen MR) is 123 cm³/mol. The van der Waals surface area contributed by atoms with Gasteiger partial charge in [-0.25, -0.2) is 4.79 Å². The largest absolute Gasteiger partial charge is 0.481 e. The number of aliphatic carboxylic acids is 1. The van der Waals surface area contributed by atoms with E-state index in [0.29, 0.717) is 12.1 Å². The third kappa shape index (κ3) is 7.38. The van der Waals surface area contributed by atoms with Crippen molar-refractivity contribution in [1.29, 1.82) is 0 Å². The number of hydrogen-bond donors (Lipinski definition) is 3. The highest BCUT2D eigenvalue weighted by Gasteiger charge is 2.37. The molecule has 1 aromatic heterocycles. The lowest BCUT2D eigenvalue weighted by Gasteiger charge is -2.19. The number of carbonyl (C=O) groups excluding carboxylic acids is 3. The van der Waals surface area contributed by atoms with Gasteiger partial charge in [-0.3, -0.25) is 14.4 Å². The number of ketones is 1. The second kappa shape index (κ2) is 12.6. The zero-order chi connectivity index (χ0) is 25.4. The van der Waals surface area contributed by atoms with E-state index in [9.17, 15) is 19.2 Å². The second-order valence-corrected chi connectivity index (χ2v) is 8.78. The van der Waals surface area contributed by atoms with Crippen LogP contribution in [-0.4, -0.2) is 61.6 Å². The van der Waals surface area contributed by atoms with Crippen molar-refractivity contribution in [3.8, 4) is 0 Å². The molecule has 0 saturated carbocycles. The molecule has 184 valence electrons. The monoisotopic (exact) mass is 532 g/mol. The standard InChI is InChI=1S/C19H22Cl2N6O6S/c1-3-4-5-33-18(32)15(16(31)13(22)8-14(29)30)27-19(24-25-26-27)34-17-11(20)6-10(7-12(17)21)23-9(2)28/h6-7,13,15H,3-5,8,22H2,1-2H3,(H,23,28)(H,29,30). The van der Waals surface area contributed by atoms with E-state index in [-0.39, 0.29) is 32.6 Å². The van der Waals surface area contributed by atoms with Crippen LogP contribution in [0.5, 0.6) is 0 Å². The Morgan fingerprint density at radius 1 is 1.26 bits per heavy atom. The Morgan fingerprint density at radius 3 is 2.47 bits per heavy atom. The number of carbonyl (C=O) groups is 4. The number of esters is 1. The molecule has 1 heterocycles. The first-order chi connectivity index (χ1) is 16.0. The average molecular weight is 533 g/mol. The molecule has 4 N–H and O–H groups in total. The molecule has 0 bridgehead atoms. The number of ether oxygens (including phenoxy) is 1. The van der Waals surface area contributed by atoms with Crippen LogP contribution in [0, 0.1) is 0 Å². The number of tetrazole rings is 1. The quantitative estimate of drug-likeness (QED) is 0.207. The van der Waals surface area contributed by atoms with Crippen molar-refractivity contribution < 1.29 is 29.0 Å². The summed E-state index contributed by atoms with van der Waals surface area (Å²) in [7, 11) is 0. The molecule has 1 amide bonds. The van der Waals surface area contributed by atoms with Crippen LogP contribution in [0.2, 0.25) is 10.0 Å². The molecule has 15 heteroatoms. The topological polar surface area (TPSA) is 179 Å². The number of carboxylic acid groups (broad SMARTS) is 1. The van der Waals surface area contributed by atoms with Gasteiger partial charge >= 0.3 is 11.9 Å². The predicted octanol–water partition coefficient (Wildman–Crippen LogP) is 2.34. The van der Waals surface area contributed by atoms with E-state index in [0.717, 1.165) is 22.9 Å². The van der Waals surface area contributed by atoms with Gasteiger partial charge in [0.1, 0.15) is 0 Å². The SMILES string of the molecule is CCCCOC(=O)C(C(=O)C(N)CC(=O)O)n1nnnc1Sc1c(Cl)cc(NC(C)=O)cc1Cl. The number of anilines is 1. The Kier molecular flexibility index (Phi) is 10.2. The van der Waals surface area contributed by atoms with E-state index >= 15 is 0 Å². The molecule has 2 rings (SSSR count). The van der Waals surface area contributed by atoms with E-state index in [4.69, 9.17) is 38.8 Å². The number of halogens is 2. The number of nitrogens with two attached hydrogens (primary N) is 1. The van der Waals surface area contributed by atoms with Crippen LogP contribution in [0.1, 0.15) is 39.2 Å². The van der Waals surface area contributed by atoms with Crippen molar-refractivity contribution in [3.63, 3.8) is 0 Å². The zero-order valence-electron chi connectivity index (χ0n) is 18.2. The normalized spacial score (nSPS) is 12.6. The zero-order valence-corrected chi connectivity index (χ0v) is 20.5. The van der Waals surface area contributed by atoms with Crippen molar-refractivity contribution in [1.82, 2.24) is 20.2 Å².